The fourth-order valence-corrected chi connectivity index (χ4v) is 3.18. The summed E-state index contributed by atoms with van der Waals surface area (Å²) in [5, 5.41) is 5.34. The van der Waals surface area contributed by atoms with E-state index >= 15 is 0 Å². The number of ether oxygens (including phenoxy) is 2. The highest BCUT2D eigenvalue weighted by molar-refractivity contribution is 6.35. The fourth-order valence-electron chi connectivity index (χ4n) is 2.45. The van der Waals surface area contributed by atoms with Gasteiger partial charge >= 0.3 is 0 Å². The van der Waals surface area contributed by atoms with Gasteiger partial charge in [0.2, 0.25) is 0 Å². The lowest BCUT2D eigenvalue weighted by Crippen LogP contribution is -2.18. The van der Waals surface area contributed by atoms with Gasteiger partial charge < -0.3 is 14.8 Å². The maximum Gasteiger partial charge on any atom is 0.166 e. The smallest absolute Gasteiger partial charge is 0.166 e. The van der Waals surface area contributed by atoms with E-state index in [9.17, 15) is 0 Å². The Bertz CT molecular complexity index is 720. The average molecular weight is 403 g/mol. The zero-order valence-electron chi connectivity index (χ0n) is 14.5. The molecule has 2 aromatic rings. The standard InChI is InChI=1S/C19H22Cl3NO2/c1-12(2)25-19-14(8-16(21)10-18(19)24-3)11-23-7-6-13-4-5-15(20)9-17(13)22/h4-5,8-10,12,23H,6-7,11H2,1-3H3. The van der Waals surface area contributed by atoms with Crippen molar-refractivity contribution < 1.29 is 9.47 Å². The van der Waals surface area contributed by atoms with Crippen LogP contribution in [-0.2, 0) is 13.0 Å². The SMILES string of the molecule is COc1cc(Cl)cc(CNCCc2ccc(Cl)cc2Cl)c1OC(C)C. The van der Waals surface area contributed by atoms with E-state index in [1.54, 1.807) is 19.2 Å². The molecule has 2 rings (SSSR count). The predicted octanol–water partition coefficient (Wildman–Crippen LogP) is 5.77. The maximum absolute atomic E-state index is 6.20. The van der Waals surface area contributed by atoms with Gasteiger partial charge in [0.15, 0.2) is 11.5 Å². The molecule has 0 fully saturated rings. The van der Waals surface area contributed by atoms with Crippen LogP contribution in [0, 0.1) is 0 Å². The fraction of sp³-hybridized carbons (Fsp3) is 0.368. The number of hydrogen-bond acceptors (Lipinski definition) is 3. The summed E-state index contributed by atoms with van der Waals surface area (Å²) in [6.07, 6.45) is 0.843. The molecule has 0 saturated heterocycles. The molecule has 0 heterocycles. The minimum Gasteiger partial charge on any atom is -0.493 e. The zero-order chi connectivity index (χ0) is 18.4. The van der Waals surface area contributed by atoms with E-state index in [-0.39, 0.29) is 6.10 Å². The van der Waals surface area contributed by atoms with Crippen LogP contribution in [0.5, 0.6) is 11.5 Å². The number of nitrogens with one attached hydrogen (secondary N) is 1. The molecule has 0 bridgehead atoms. The normalized spacial score (nSPS) is 11.0. The van der Waals surface area contributed by atoms with Crippen LogP contribution >= 0.6 is 34.8 Å². The molecule has 25 heavy (non-hydrogen) atoms. The Labute approximate surface area is 164 Å². The molecule has 0 aliphatic heterocycles. The van der Waals surface area contributed by atoms with Gasteiger partial charge in [-0.25, -0.2) is 0 Å². The van der Waals surface area contributed by atoms with E-state index in [2.05, 4.69) is 5.32 Å². The summed E-state index contributed by atoms with van der Waals surface area (Å²) in [6, 6.07) is 9.20. The number of halogens is 3. The summed E-state index contributed by atoms with van der Waals surface area (Å²) in [6.45, 7) is 5.34. The Kier molecular flexibility index (Phi) is 7.70. The van der Waals surface area contributed by atoms with Gasteiger partial charge in [0, 0.05) is 33.2 Å². The lowest BCUT2D eigenvalue weighted by atomic mass is 10.1. The summed E-state index contributed by atoms with van der Waals surface area (Å²) < 4.78 is 11.3. The molecule has 6 heteroatoms. The van der Waals surface area contributed by atoms with E-state index in [4.69, 9.17) is 44.3 Å². The van der Waals surface area contributed by atoms with Crippen molar-refractivity contribution in [2.24, 2.45) is 0 Å². The van der Waals surface area contributed by atoms with Crippen molar-refractivity contribution in [1.82, 2.24) is 5.32 Å². The number of hydrogen-bond donors (Lipinski definition) is 1. The van der Waals surface area contributed by atoms with E-state index in [1.165, 1.54) is 0 Å². The predicted molar refractivity (Wildman–Crippen MR) is 106 cm³/mol. The van der Waals surface area contributed by atoms with Gasteiger partial charge in [-0.1, -0.05) is 40.9 Å². The van der Waals surface area contributed by atoms with E-state index in [0.29, 0.717) is 27.4 Å². The van der Waals surface area contributed by atoms with Crippen LogP contribution < -0.4 is 14.8 Å². The Balaban J connectivity index is 2.03. The van der Waals surface area contributed by atoms with Crippen LogP contribution in [0.15, 0.2) is 30.3 Å². The Morgan fingerprint density at radius 2 is 1.76 bits per heavy atom. The van der Waals surface area contributed by atoms with Gasteiger partial charge in [-0.05, 0) is 50.6 Å². The quantitative estimate of drug-likeness (QED) is 0.568. The third kappa shape index (κ3) is 5.96. The van der Waals surface area contributed by atoms with Crippen LogP contribution in [0.25, 0.3) is 0 Å². The molecule has 0 unspecified atom stereocenters. The molecular formula is C19H22Cl3NO2. The summed E-state index contributed by atoms with van der Waals surface area (Å²) in [5.74, 6) is 1.36. The molecule has 0 atom stereocenters. The lowest BCUT2D eigenvalue weighted by Gasteiger charge is -2.18. The first-order valence-electron chi connectivity index (χ1n) is 8.08. The van der Waals surface area contributed by atoms with Crippen molar-refractivity contribution in [3.05, 3.63) is 56.5 Å². The second kappa shape index (κ2) is 9.54. The van der Waals surface area contributed by atoms with Crippen molar-refractivity contribution in [3.8, 4) is 11.5 Å². The number of rotatable bonds is 8. The molecule has 1 N–H and O–H groups in total. The Hall–Kier alpha value is -1.13. The summed E-state index contributed by atoms with van der Waals surface area (Å²) in [7, 11) is 1.61. The van der Waals surface area contributed by atoms with Crippen molar-refractivity contribution in [1.29, 1.82) is 0 Å². The highest BCUT2D eigenvalue weighted by Gasteiger charge is 2.14. The molecule has 0 amide bonds. The van der Waals surface area contributed by atoms with E-state index < -0.39 is 0 Å². The molecule has 0 spiro atoms. The first-order valence-corrected chi connectivity index (χ1v) is 9.21. The summed E-state index contributed by atoms with van der Waals surface area (Å²) >= 11 is 18.3. The van der Waals surface area contributed by atoms with Gasteiger partial charge in [0.05, 0.1) is 13.2 Å². The number of benzene rings is 2. The molecular weight excluding hydrogens is 381 g/mol. The third-order valence-electron chi connectivity index (χ3n) is 3.57. The van der Waals surface area contributed by atoms with Gasteiger partial charge in [0.25, 0.3) is 0 Å². The second-order valence-corrected chi connectivity index (χ2v) is 7.21. The molecule has 3 nitrogen and oxygen atoms in total. The largest absolute Gasteiger partial charge is 0.493 e. The molecule has 0 aromatic heterocycles. The molecule has 136 valence electrons. The number of methoxy groups -OCH3 is 1. The minimum absolute atomic E-state index is 0.0432. The first kappa shape index (κ1) is 20.2. The van der Waals surface area contributed by atoms with E-state index in [1.807, 2.05) is 32.0 Å². The molecule has 0 aliphatic rings. The Morgan fingerprint density at radius 3 is 2.40 bits per heavy atom. The third-order valence-corrected chi connectivity index (χ3v) is 4.38. The van der Waals surface area contributed by atoms with Crippen LogP contribution in [-0.4, -0.2) is 19.8 Å². The lowest BCUT2D eigenvalue weighted by molar-refractivity contribution is 0.227. The Morgan fingerprint density at radius 1 is 1.00 bits per heavy atom. The van der Waals surface area contributed by atoms with Crippen LogP contribution in [0.2, 0.25) is 15.1 Å². The van der Waals surface area contributed by atoms with Gasteiger partial charge in [-0.15, -0.1) is 0 Å². The van der Waals surface area contributed by atoms with Crippen molar-refractivity contribution in [2.75, 3.05) is 13.7 Å². The van der Waals surface area contributed by atoms with Gasteiger partial charge in [-0.3, -0.25) is 0 Å². The van der Waals surface area contributed by atoms with Gasteiger partial charge in [-0.2, -0.15) is 0 Å². The molecule has 0 radical (unpaired) electrons. The minimum atomic E-state index is 0.0432. The van der Waals surface area contributed by atoms with Crippen LogP contribution in [0.3, 0.4) is 0 Å². The van der Waals surface area contributed by atoms with Crippen molar-refractivity contribution in [3.63, 3.8) is 0 Å². The highest BCUT2D eigenvalue weighted by Crippen LogP contribution is 2.35. The molecule has 0 saturated carbocycles. The van der Waals surface area contributed by atoms with Crippen molar-refractivity contribution in [2.45, 2.75) is 32.9 Å². The molecule has 2 aromatic carbocycles. The van der Waals surface area contributed by atoms with Crippen LogP contribution in [0.4, 0.5) is 0 Å². The first-order chi connectivity index (χ1) is 11.9. The van der Waals surface area contributed by atoms with Gasteiger partial charge in [0.1, 0.15) is 0 Å². The summed E-state index contributed by atoms with van der Waals surface area (Å²) in [5.41, 5.74) is 2.01. The van der Waals surface area contributed by atoms with Crippen LogP contribution in [0.1, 0.15) is 25.0 Å². The average Bonchev–Trinajstić information content (AvgIpc) is 2.54. The monoisotopic (exact) mass is 401 g/mol. The molecule has 0 aliphatic carbocycles. The topological polar surface area (TPSA) is 30.5 Å². The van der Waals surface area contributed by atoms with E-state index in [0.717, 1.165) is 29.8 Å². The van der Waals surface area contributed by atoms with Crippen molar-refractivity contribution >= 4 is 34.8 Å². The zero-order valence-corrected chi connectivity index (χ0v) is 16.8. The second-order valence-electron chi connectivity index (χ2n) is 5.93. The maximum atomic E-state index is 6.20. The summed E-state index contributed by atoms with van der Waals surface area (Å²) in [4.78, 5) is 0. The highest BCUT2D eigenvalue weighted by atomic mass is 35.5.